The lowest BCUT2D eigenvalue weighted by atomic mass is 10.3. The van der Waals surface area contributed by atoms with E-state index in [1.54, 1.807) is 11.8 Å². The molecule has 2 rings (SSSR count). The highest BCUT2D eigenvalue weighted by Gasteiger charge is 2.21. The van der Waals surface area contributed by atoms with Crippen LogP contribution in [-0.2, 0) is 9.47 Å². The van der Waals surface area contributed by atoms with E-state index in [1.807, 2.05) is 18.5 Å². The summed E-state index contributed by atoms with van der Waals surface area (Å²) in [6, 6.07) is 0.488. The van der Waals surface area contributed by atoms with E-state index in [-0.39, 0.29) is 6.29 Å². The molecule has 1 heterocycles. The molecule has 1 saturated carbocycles. The Labute approximate surface area is 124 Å². The molecule has 1 aromatic rings. The van der Waals surface area contributed by atoms with Gasteiger partial charge in [-0.25, -0.2) is 4.68 Å². The lowest BCUT2D eigenvalue weighted by Gasteiger charge is -2.16. The van der Waals surface area contributed by atoms with Crippen LogP contribution in [0.4, 0.5) is 0 Å². The summed E-state index contributed by atoms with van der Waals surface area (Å²) in [6.45, 7) is 5.32. The summed E-state index contributed by atoms with van der Waals surface area (Å²) in [5.74, 6) is 0.901. The van der Waals surface area contributed by atoms with Crippen molar-refractivity contribution >= 4 is 11.8 Å². The maximum absolute atomic E-state index is 5.54. The van der Waals surface area contributed by atoms with Crippen molar-refractivity contribution in [3.8, 4) is 0 Å². The van der Waals surface area contributed by atoms with Crippen LogP contribution in [0.15, 0.2) is 5.16 Å². The Bertz CT molecular complexity index is 376. The first-order valence-corrected chi connectivity index (χ1v) is 8.47. The second-order valence-electron chi connectivity index (χ2n) is 4.82. The number of hydrogen-bond donors (Lipinski definition) is 0. The molecule has 0 amide bonds. The van der Waals surface area contributed by atoms with Gasteiger partial charge in [-0.2, -0.15) is 0 Å². The number of thioether (sulfide) groups is 1. The maximum atomic E-state index is 5.54. The first-order valence-electron chi connectivity index (χ1n) is 7.49. The fourth-order valence-electron chi connectivity index (χ4n) is 2.49. The minimum Gasteiger partial charge on any atom is -0.353 e. The van der Waals surface area contributed by atoms with Crippen LogP contribution in [0, 0.1) is 0 Å². The molecule has 0 bridgehead atoms. The molecule has 0 atom stereocenters. The molecule has 0 saturated heterocycles. The van der Waals surface area contributed by atoms with Gasteiger partial charge in [0, 0.05) is 25.4 Å². The Balaban J connectivity index is 1.80. The van der Waals surface area contributed by atoms with Crippen molar-refractivity contribution in [1.82, 2.24) is 20.2 Å². The Hall–Kier alpha value is -0.660. The third kappa shape index (κ3) is 4.43. The Kier molecular flexibility index (Phi) is 6.75. The molecule has 0 radical (unpaired) electrons. The van der Waals surface area contributed by atoms with E-state index in [2.05, 4.69) is 15.5 Å². The van der Waals surface area contributed by atoms with Gasteiger partial charge in [0.1, 0.15) is 0 Å². The molecule has 1 aliphatic carbocycles. The highest BCUT2D eigenvalue weighted by Crippen LogP contribution is 2.31. The number of aromatic nitrogens is 4. The van der Waals surface area contributed by atoms with Crippen LogP contribution < -0.4 is 0 Å². The molecule has 0 N–H and O–H groups in total. The Morgan fingerprint density at radius 3 is 2.60 bits per heavy atom. The molecule has 20 heavy (non-hydrogen) atoms. The highest BCUT2D eigenvalue weighted by molar-refractivity contribution is 7.99. The fraction of sp³-hybridized carbons (Fsp3) is 0.923. The van der Waals surface area contributed by atoms with E-state index in [0.717, 1.165) is 17.3 Å². The average molecular weight is 300 g/mol. The average Bonchev–Trinajstić information content (AvgIpc) is 3.09. The highest BCUT2D eigenvalue weighted by atomic mass is 32.2. The number of ether oxygens (including phenoxy) is 2. The van der Waals surface area contributed by atoms with Gasteiger partial charge in [-0.05, 0) is 37.1 Å². The van der Waals surface area contributed by atoms with Gasteiger partial charge in [-0.15, -0.1) is 5.10 Å². The van der Waals surface area contributed by atoms with Gasteiger partial charge in [0.15, 0.2) is 6.29 Å². The van der Waals surface area contributed by atoms with Crippen molar-refractivity contribution in [1.29, 1.82) is 0 Å². The molecule has 1 aromatic heterocycles. The molecule has 1 aliphatic rings. The molecule has 0 unspecified atom stereocenters. The zero-order chi connectivity index (χ0) is 14.2. The molecule has 6 nitrogen and oxygen atoms in total. The van der Waals surface area contributed by atoms with E-state index in [0.29, 0.717) is 19.3 Å². The van der Waals surface area contributed by atoms with Crippen molar-refractivity contribution < 1.29 is 9.47 Å². The molecule has 0 aliphatic heterocycles. The summed E-state index contributed by atoms with van der Waals surface area (Å²) in [5, 5.41) is 13.0. The SMILES string of the molecule is CCOC(CCSc1nnnn1C1CCCC1)OCC. The number of hydrogen-bond acceptors (Lipinski definition) is 6. The largest absolute Gasteiger partial charge is 0.353 e. The first-order chi connectivity index (χ1) is 9.85. The molecule has 114 valence electrons. The summed E-state index contributed by atoms with van der Waals surface area (Å²) in [5.41, 5.74) is 0. The number of nitrogens with zero attached hydrogens (tertiary/aromatic N) is 4. The van der Waals surface area contributed by atoms with Crippen molar-refractivity contribution in [3.05, 3.63) is 0 Å². The standard InChI is InChI=1S/C13H24N4O2S/c1-3-18-12(19-4-2)9-10-20-13-14-15-16-17(13)11-7-5-6-8-11/h11-12H,3-10H2,1-2H3. The predicted molar refractivity (Wildman–Crippen MR) is 77.7 cm³/mol. The van der Waals surface area contributed by atoms with Gasteiger partial charge < -0.3 is 9.47 Å². The fourth-order valence-corrected chi connectivity index (χ4v) is 3.40. The van der Waals surface area contributed by atoms with E-state index in [4.69, 9.17) is 9.47 Å². The minimum atomic E-state index is -0.117. The maximum Gasteiger partial charge on any atom is 0.209 e. The summed E-state index contributed by atoms with van der Waals surface area (Å²) in [4.78, 5) is 0. The molecular weight excluding hydrogens is 276 g/mol. The lowest BCUT2D eigenvalue weighted by molar-refractivity contribution is -0.136. The van der Waals surface area contributed by atoms with Crippen LogP contribution in [0.5, 0.6) is 0 Å². The second-order valence-corrected chi connectivity index (χ2v) is 5.88. The van der Waals surface area contributed by atoms with Crippen molar-refractivity contribution in [3.63, 3.8) is 0 Å². The molecule has 7 heteroatoms. The Morgan fingerprint density at radius 2 is 1.95 bits per heavy atom. The normalized spacial score (nSPS) is 16.4. The lowest BCUT2D eigenvalue weighted by Crippen LogP contribution is -2.18. The van der Waals surface area contributed by atoms with E-state index < -0.39 is 0 Å². The van der Waals surface area contributed by atoms with Crippen molar-refractivity contribution in [2.24, 2.45) is 0 Å². The van der Waals surface area contributed by atoms with E-state index in [9.17, 15) is 0 Å². The van der Waals surface area contributed by atoms with Crippen molar-refractivity contribution in [2.75, 3.05) is 19.0 Å². The topological polar surface area (TPSA) is 62.1 Å². The van der Waals surface area contributed by atoms with Crippen LogP contribution in [0.2, 0.25) is 0 Å². The zero-order valence-electron chi connectivity index (χ0n) is 12.3. The summed E-state index contributed by atoms with van der Waals surface area (Å²) in [6.07, 6.45) is 5.69. The van der Waals surface area contributed by atoms with Crippen LogP contribution >= 0.6 is 11.8 Å². The predicted octanol–water partition coefficient (Wildman–Crippen LogP) is 2.67. The van der Waals surface area contributed by atoms with Gasteiger partial charge in [0.2, 0.25) is 5.16 Å². The minimum absolute atomic E-state index is 0.117. The monoisotopic (exact) mass is 300 g/mol. The second kappa shape index (κ2) is 8.59. The van der Waals surface area contributed by atoms with Crippen molar-refractivity contribution in [2.45, 2.75) is 63.4 Å². The van der Waals surface area contributed by atoms with Crippen LogP contribution in [-0.4, -0.2) is 45.5 Å². The summed E-state index contributed by atoms with van der Waals surface area (Å²) < 4.78 is 13.1. The van der Waals surface area contributed by atoms with E-state index in [1.165, 1.54) is 25.7 Å². The smallest absolute Gasteiger partial charge is 0.209 e. The molecule has 1 fully saturated rings. The van der Waals surface area contributed by atoms with Gasteiger partial charge in [-0.1, -0.05) is 24.6 Å². The van der Waals surface area contributed by atoms with Gasteiger partial charge in [0.25, 0.3) is 0 Å². The molecule has 0 spiro atoms. The molecule has 0 aromatic carbocycles. The Morgan fingerprint density at radius 1 is 1.25 bits per heavy atom. The van der Waals surface area contributed by atoms with Crippen LogP contribution in [0.1, 0.15) is 52.0 Å². The van der Waals surface area contributed by atoms with Crippen LogP contribution in [0.3, 0.4) is 0 Å². The quantitative estimate of drug-likeness (QED) is 0.516. The number of tetrazole rings is 1. The van der Waals surface area contributed by atoms with Crippen LogP contribution in [0.25, 0.3) is 0 Å². The number of rotatable bonds is 9. The molecular formula is C13H24N4O2S. The van der Waals surface area contributed by atoms with Gasteiger partial charge >= 0.3 is 0 Å². The first kappa shape index (κ1) is 15.7. The van der Waals surface area contributed by atoms with Gasteiger partial charge in [0.05, 0.1) is 6.04 Å². The summed E-state index contributed by atoms with van der Waals surface area (Å²) in [7, 11) is 0. The summed E-state index contributed by atoms with van der Waals surface area (Å²) >= 11 is 1.69. The zero-order valence-corrected chi connectivity index (χ0v) is 13.1. The van der Waals surface area contributed by atoms with E-state index >= 15 is 0 Å². The van der Waals surface area contributed by atoms with Gasteiger partial charge in [-0.3, -0.25) is 0 Å². The third-order valence-corrected chi connectivity index (χ3v) is 4.39. The third-order valence-electron chi connectivity index (χ3n) is 3.42.